The molecule has 0 aromatic heterocycles. The van der Waals surface area contributed by atoms with E-state index in [9.17, 15) is 0 Å². The van der Waals surface area contributed by atoms with Crippen LogP contribution in [0, 0.1) is 0 Å². The lowest BCUT2D eigenvalue weighted by Gasteiger charge is -2.28. The monoisotopic (exact) mass is 210 g/mol. The Balaban J connectivity index is 4.31. The summed E-state index contributed by atoms with van der Waals surface area (Å²) in [5.41, 5.74) is 0. The van der Waals surface area contributed by atoms with Crippen LogP contribution in [0.2, 0.25) is 18.1 Å². The molecule has 0 saturated heterocycles. The van der Waals surface area contributed by atoms with Gasteiger partial charge >= 0.3 is 0 Å². The van der Waals surface area contributed by atoms with Gasteiger partial charge < -0.3 is 4.43 Å². The molecule has 0 rings (SSSR count). The van der Waals surface area contributed by atoms with Crippen LogP contribution in [0.25, 0.3) is 0 Å². The first kappa shape index (κ1) is 13.4. The Hall–Kier alpha value is -0.603. The molecule has 0 radical (unpaired) electrons. The van der Waals surface area contributed by atoms with Crippen LogP contribution in [0.5, 0.6) is 0 Å². The molecular formula is C12H22OSi. The van der Waals surface area contributed by atoms with Gasteiger partial charge in [0.2, 0.25) is 0 Å². The molecule has 0 N–H and O–H groups in total. The molecule has 0 aromatic carbocycles. The van der Waals surface area contributed by atoms with E-state index < -0.39 is 8.32 Å². The Labute approximate surface area is 89.3 Å². The number of hydrogen-bond acceptors (Lipinski definition) is 1. The van der Waals surface area contributed by atoms with Crippen LogP contribution < -0.4 is 0 Å². The molecule has 0 amide bonds. The van der Waals surface area contributed by atoms with Crippen LogP contribution in [0.15, 0.2) is 38.0 Å². The number of rotatable bonds is 9. The molecule has 0 aliphatic carbocycles. The first-order chi connectivity index (χ1) is 6.74. The molecule has 0 unspecified atom stereocenters. The molecule has 0 spiro atoms. The summed E-state index contributed by atoms with van der Waals surface area (Å²) in [7, 11) is 0.263. The van der Waals surface area contributed by atoms with Crippen LogP contribution in [0.3, 0.4) is 0 Å². The van der Waals surface area contributed by atoms with Gasteiger partial charge in [0, 0.05) is 7.11 Å². The smallest absolute Gasteiger partial charge is 0.196 e. The number of hydrogen-bond donors (Lipinski definition) is 0. The molecule has 0 heterocycles. The maximum absolute atomic E-state index is 5.75. The van der Waals surface area contributed by atoms with Gasteiger partial charge in [0.15, 0.2) is 8.32 Å². The predicted octanol–water partition coefficient (Wildman–Crippen LogP) is 3.92. The predicted molar refractivity (Wildman–Crippen MR) is 67.0 cm³/mol. The summed E-state index contributed by atoms with van der Waals surface area (Å²) in [5.74, 6) is 0. The van der Waals surface area contributed by atoms with Gasteiger partial charge in [0.05, 0.1) is 0 Å². The minimum Gasteiger partial charge on any atom is -0.420 e. The third kappa shape index (κ3) is 4.58. The lowest BCUT2D eigenvalue weighted by molar-refractivity contribution is 0.392. The lowest BCUT2D eigenvalue weighted by atomic mass is 10.5. The minimum atomic E-state index is -1.57. The van der Waals surface area contributed by atoms with Crippen LogP contribution >= 0.6 is 0 Å². The first-order valence-corrected chi connectivity index (χ1v) is 7.65. The molecule has 1 nitrogen and oxygen atoms in total. The molecule has 80 valence electrons. The summed E-state index contributed by atoms with van der Waals surface area (Å²) in [5, 5.41) is 0. The maximum atomic E-state index is 5.75. The highest BCUT2D eigenvalue weighted by Crippen LogP contribution is 2.25. The fourth-order valence-electron chi connectivity index (χ4n) is 1.61. The van der Waals surface area contributed by atoms with Crippen molar-refractivity contribution in [1.82, 2.24) is 0 Å². The zero-order valence-electron chi connectivity index (χ0n) is 9.30. The van der Waals surface area contributed by atoms with E-state index in [2.05, 4.69) is 19.7 Å². The molecule has 0 saturated carbocycles. The first-order valence-electron chi connectivity index (χ1n) is 5.12. The van der Waals surface area contributed by atoms with Crippen molar-refractivity contribution in [2.24, 2.45) is 0 Å². The van der Waals surface area contributed by atoms with E-state index >= 15 is 0 Å². The van der Waals surface area contributed by atoms with Gasteiger partial charge in [-0.15, -0.1) is 19.7 Å². The van der Waals surface area contributed by atoms with E-state index in [0.717, 1.165) is 31.0 Å². The number of allylic oxidation sites excluding steroid dienone is 3. The quantitative estimate of drug-likeness (QED) is 0.414. The third-order valence-electron chi connectivity index (χ3n) is 2.56. The van der Waals surface area contributed by atoms with Crippen molar-refractivity contribution in [2.45, 2.75) is 31.0 Å². The van der Waals surface area contributed by atoms with Crippen molar-refractivity contribution >= 4 is 8.32 Å². The van der Waals surface area contributed by atoms with Crippen molar-refractivity contribution in [1.29, 1.82) is 0 Å². The van der Waals surface area contributed by atoms with Gasteiger partial charge in [-0.25, -0.2) is 0 Å². The summed E-state index contributed by atoms with van der Waals surface area (Å²) in [4.78, 5) is 0. The molecule has 0 atom stereocenters. The SMILES string of the molecule is C=CCC[Si](CC=C)(CCC=C)OC. The van der Waals surface area contributed by atoms with Crippen LogP contribution in [-0.2, 0) is 4.43 Å². The van der Waals surface area contributed by atoms with Gasteiger partial charge in [-0.05, 0) is 31.0 Å². The van der Waals surface area contributed by atoms with Gasteiger partial charge in [0.1, 0.15) is 0 Å². The second-order valence-electron chi connectivity index (χ2n) is 3.53. The standard InChI is InChI=1S/C12H22OSi/c1-5-8-11-14(13-4,10-7-3)12-9-6-2/h5-7H,1-3,8-12H2,4H3. The highest BCUT2D eigenvalue weighted by molar-refractivity contribution is 6.74. The van der Waals surface area contributed by atoms with E-state index in [-0.39, 0.29) is 0 Å². The Morgan fingerprint density at radius 3 is 1.79 bits per heavy atom. The normalized spacial score (nSPS) is 10.9. The summed E-state index contributed by atoms with van der Waals surface area (Å²) >= 11 is 0. The highest BCUT2D eigenvalue weighted by atomic mass is 28.4. The van der Waals surface area contributed by atoms with Crippen molar-refractivity contribution in [3.05, 3.63) is 38.0 Å². The Bertz CT molecular complexity index is 175. The van der Waals surface area contributed by atoms with Crippen molar-refractivity contribution in [2.75, 3.05) is 7.11 Å². The fourth-order valence-corrected chi connectivity index (χ4v) is 4.83. The summed E-state index contributed by atoms with van der Waals surface area (Å²) in [6.45, 7) is 11.3. The third-order valence-corrected chi connectivity index (χ3v) is 6.86. The lowest BCUT2D eigenvalue weighted by Crippen LogP contribution is -2.35. The van der Waals surface area contributed by atoms with Crippen LogP contribution in [-0.4, -0.2) is 15.4 Å². The Morgan fingerprint density at radius 2 is 1.50 bits per heavy atom. The molecule has 0 aliphatic rings. The van der Waals surface area contributed by atoms with E-state index in [4.69, 9.17) is 4.43 Å². The summed E-state index contributed by atoms with van der Waals surface area (Å²) in [6, 6.07) is 3.32. The molecule has 2 heteroatoms. The van der Waals surface area contributed by atoms with Gasteiger partial charge in [-0.1, -0.05) is 18.2 Å². The van der Waals surface area contributed by atoms with E-state index in [0.29, 0.717) is 0 Å². The topological polar surface area (TPSA) is 9.23 Å². The molecule has 0 bridgehead atoms. The molecular weight excluding hydrogens is 188 g/mol. The Kier molecular flexibility index (Phi) is 7.43. The second kappa shape index (κ2) is 7.77. The van der Waals surface area contributed by atoms with Gasteiger partial charge in [-0.2, -0.15) is 0 Å². The van der Waals surface area contributed by atoms with Crippen molar-refractivity contribution in [3.8, 4) is 0 Å². The van der Waals surface area contributed by atoms with Crippen molar-refractivity contribution < 1.29 is 4.43 Å². The zero-order valence-corrected chi connectivity index (χ0v) is 10.3. The second-order valence-corrected chi connectivity index (χ2v) is 7.72. The largest absolute Gasteiger partial charge is 0.420 e. The molecule has 0 aliphatic heterocycles. The average Bonchev–Trinajstić information content (AvgIpc) is 2.22. The highest BCUT2D eigenvalue weighted by Gasteiger charge is 2.30. The Morgan fingerprint density at radius 1 is 1.00 bits per heavy atom. The van der Waals surface area contributed by atoms with Crippen LogP contribution in [0.4, 0.5) is 0 Å². The van der Waals surface area contributed by atoms with E-state index in [1.165, 1.54) is 0 Å². The van der Waals surface area contributed by atoms with Crippen LogP contribution in [0.1, 0.15) is 12.8 Å². The zero-order chi connectivity index (χ0) is 10.9. The van der Waals surface area contributed by atoms with E-state index in [1.807, 2.05) is 25.3 Å². The minimum absolute atomic E-state index is 1.03. The summed E-state index contributed by atoms with van der Waals surface area (Å²) in [6.07, 6.45) is 8.02. The molecule has 0 aromatic rings. The molecule has 0 fully saturated rings. The van der Waals surface area contributed by atoms with Gasteiger partial charge in [-0.3, -0.25) is 0 Å². The average molecular weight is 210 g/mol. The fraction of sp³-hybridized carbons (Fsp3) is 0.500. The van der Waals surface area contributed by atoms with E-state index in [1.54, 1.807) is 0 Å². The van der Waals surface area contributed by atoms with Gasteiger partial charge in [0.25, 0.3) is 0 Å². The molecule has 14 heavy (non-hydrogen) atoms. The summed E-state index contributed by atoms with van der Waals surface area (Å²) < 4.78 is 5.75. The van der Waals surface area contributed by atoms with Crippen molar-refractivity contribution in [3.63, 3.8) is 0 Å². The maximum Gasteiger partial charge on any atom is 0.196 e.